The van der Waals surface area contributed by atoms with Gasteiger partial charge in [0.1, 0.15) is 0 Å². The second-order valence-corrected chi connectivity index (χ2v) is 1.56. The molecule has 1 aliphatic carbocycles. The topological polar surface area (TPSA) is 20.2 Å². The SMILES string of the molecule is CC1=CC=[C-]C1.CO.[W]. The van der Waals surface area contributed by atoms with E-state index in [1.54, 1.807) is 0 Å². The number of hydrogen-bond acceptors (Lipinski definition) is 1. The van der Waals surface area contributed by atoms with Crippen molar-refractivity contribution in [1.29, 1.82) is 0 Å². The number of hydrogen-bond donors (Lipinski definition) is 1. The Hall–Kier alpha value is 0.128. The van der Waals surface area contributed by atoms with E-state index in [1.807, 2.05) is 6.08 Å². The fourth-order valence-electron chi connectivity index (χ4n) is 0.480. The van der Waals surface area contributed by atoms with Crippen molar-refractivity contribution in [2.75, 3.05) is 7.11 Å². The second-order valence-electron chi connectivity index (χ2n) is 1.56. The molecule has 9 heavy (non-hydrogen) atoms. The first-order valence-corrected chi connectivity index (χ1v) is 2.57. The van der Waals surface area contributed by atoms with Crippen LogP contribution < -0.4 is 0 Å². The maximum Gasteiger partial charge on any atom is 0.0319 e. The molecular formula is C7H11OW-. The third-order valence-electron chi connectivity index (χ3n) is 0.867. The molecule has 0 heterocycles. The van der Waals surface area contributed by atoms with Gasteiger partial charge < -0.3 is 5.11 Å². The molecule has 1 rings (SSSR count). The Balaban J connectivity index is 0. The molecule has 0 saturated heterocycles. The third kappa shape index (κ3) is 6.01. The van der Waals surface area contributed by atoms with Gasteiger partial charge in [0.05, 0.1) is 0 Å². The predicted octanol–water partition coefficient (Wildman–Crippen LogP) is 1.30. The summed E-state index contributed by atoms with van der Waals surface area (Å²) in [5.41, 5.74) is 1.41. The van der Waals surface area contributed by atoms with Crippen LogP contribution in [-0.2, 0) is 21.1 Å². The van der Waals surface area contributed by atoms with Crippen LogP contribution in [-0.4, -0.2) is 12.2 Å². The summed E-state index contributed by atoms with van der Waals surface area (Å²) in [5.74, 6) is 0. The maximum atomic E-state index is 7.00. The van der Waals surface area contributed by atoms with Crippen LogP contribution in [0.5, 0.6) is 0 Å². The van der Waals surface area contributed by atoms with E-state index in [2.05, 4.69) is 19.1 Å². The summed E-state index contributed by atoms with van der Waals surface area (Å²) in [6, 6.07) is 0. The van der Waals surface area contributed by atoms with Crippen molar-refractivity contribution in [2.45, 2.75) is 13.3 Å². The Labute approximate surface area is 70.7 Å². The first-order chi connectivity index (χ1) is 3.89. The zero-order chi connectivity index (χ0) is 6.41. The van der Waals surface area contributed by atoms with Crippen molar-refractivity contribution in [3.63, 3.8) is 0 Å². The van der Waals surface area contributed by atoms with Gasteiger partial charge in [-0.1, -0.05) is 6.92 Å². The van der Waals surface area contributed by atoms with E-state index in [0.29, 0.717) is 0 Å². The largest absolute Gasteiger partial charge is 0.400 e. The van der Waals surface area contributed by atoms with E-state index in [-0.39, 0.29) is 21.1 Å². The van der Waals surface area contributed by atoms with Gasteiger partial charge in [-0.05, 0) is 0 Å². The van der Waals surface area contributed by atoms with Gasteiger partial charge in [-0.2, -0.15) is 5.57 Å². The Kier molecular flexibility index (Phi) is 10.7. The van der Waals surface area contributed by atoms with Crippen molar-refractivity contribution in [3.8, 4) is 0 Å². The van der Waals surface area contributed by atoms with Crippen LogP contribution in [0.1, 0.15) is 13.3 Å². The van der Waals surface area contributed by atoms with Gasteiger partial charge in [0, 0.05) is 28.2 Å². The van der Waals surface area contributed by atoms with Crippen LogP contribution in [0, 0.1) is 6.08 Å². The minimum Gasteiger partial charge on any atom is -0.400 e. The number of allylic oxidation sites excluding steroid dienone is 4. The predicted molar refractivity (Wildman–Crippen MR) is 34.3 cm³/mol. The Morgan fingerprint density at radius 3 is 2.22 bits per heavy atom. The molecule has 0 aliphatic heterocycles. The van der Waals surface area contributed by atoms with Gasteiger partial charge in [0.2, 0.25) is 0 Å². The van der Waals surface area contributed by atoms with Gasteiger partial charge in [-0.25, -0.2) is 12.2 Å². The number of aliphatic hydroxyl groups is 1. The fraction of sp³-hybridized carbons (Fsp3) is 0.429. The van der Waals surface area contributed by atoms with Crippen LogP contribution in [0.25, 0.3) is 0 Å². The molecule has 0 fully saturated rings. The first-order valence-electron chi connectivity index (χ1n) is 2.57. The molecule has 0 aromatic carbocycles. The Bertz CT molecular complexity index is 105. The van der Waals surface area contributed by atoms with Crippen LogP contribution in [0.15, 0.2) is 17.7 Å². The summed E-state index contributed by atoms with van der Waals surface area (Å²) in [4.78, 5) is 0. The smallest absolute Gasteiger partial charge is 0.0319 e. The summed E-state index contributed by atoms with van der Waals surface area (Å²) >= 11 is 0. The first kappa shape index (κ1) is 11.9. The Morgan fingerprint density at radius 1 is 1.56 bits per heavy atom. The van der Waals surface area contributed by atoms with Crippen LogP contribution in [0.3, 0.4) is 0 Å². The van der Waals surface area contributed by atoms with E-state index in [0.717, 1.165) is 13.5 Å². The average molecular weight is 295 g/mol. The van der Waals surface area contributed by atoms with Gasteiger partial charge in [0.25, 0.3) is 0 Å². The number of rotatable bonds is 0. The van der Waals surface area contributed by atoms with Crippen molar-refractivity contribution in [1.82, 2.24) is 0 Å². The van der Waals surface area contributed by atoms with Gasteiger partial charge in [-0.15, -0.1) is 6.42 Å². The average Bonchev–Trinajstić information content (AvgIpc) is 2.24. The van der Waals surface area contributed by atoms with Crippen LogP contribution in [0.4, 0.5) is 0 Å². The van der Waals surface area contributed by atoms with Gasteiger partial charge >= 0.3 is 0 Å². The minimum absolute atomic E-state index is 0. The molecule has 0 radical (unpaired) electrons. The second kappa shape index (κ2) is 8.13. The van der Waals surface area contributed by atoms with E-state index < -0.39 is 0 Å². The monoisotopic (exact) mass is 295 g/mol. The third-order valence-corrected chi connectivity index (χ3v) is 0.867. The minimum atomic E-state index is 0. The molecule has 2 heteroatoms. The molecule has 52 valence electrons. The molecule has 1 nitrogen and oxygen atoms in total. The van der Waals surface area contributed by atoms with E-state index in [9.17, 15) is 0 Å². The number of aliphatic hydroxyl groups excluding tert-OH is 1. The van der Waals surface area contributed by atoms with Gasteiger partial charge in [-0.3, -0.25) is 6.08 Å². The molecule has 1 aliphatic rings. The maximum absolute atomic E-state index is 7.00. The molecule has 0 spiro atoms. The zero-order valence-electron chi connectivity index (χ0n) is 5.72. The summed E-state index contributed by atoms with van der Waals surface area (Å²) in [7, 11) is 1.00. The quantitative estimate of drug-likeness (QED) is 0.668. The van der Waals surface area contributed by atoms with Crippen LogP contribution >= 0.6 is 0 Å². The van der Waals surface area contributed by atoms with E-state index in [1.165, 1.54) is 5.57 Å². The molecule has 0 unspecified atom stereocenters. The van der Waals surface area contributed by atoms with E-state index >= 15 is 0 Å². The normalized spacial score (nSPS) is 13.0. The fourth-order valence-corrected chi connectivity index (χ4v) is 0.480. The summed E-state index contributed by atoms with van der Waals surface area (Å²) in [6.07, 6.45) is 8.15. The molecule has 1 N–H and O–H groups in total. The van der Waals surface area contributed by atoms with Crippen LogP contribution in [0.2, 0.25) is 0 Å². The molecule has 0 saturated carbocycles. The molecule has 0 atom stereocenters. The molecule has 0 bridgehead atoms. The van der Waals surface area contributed by atoms with Crippen molar-refractivity contribution in [3.05, 3.63) is 23.8 Å². The summed E-state index contributed by atoms with van der Waals surface area (Å²) in [5, 5.41) is 7.00. The molecular weight excluding hydrogens is 284 g/mol. The van der Waals surface area contributed by atoms with Gasteiger partial charge in [0.15, 0.2) is 0 Å². The summed E-state index contributed by atoms with van der Waals surface area (Å²) < 4.78 is 0. The standard InChI is InChI=1S/C6H7.CH4O.W/c1-6-4-2-3-5-6;1-2;/h2,4H,5H2,1H3;2H,1H3;/q-1;;. The van der Waals surface area contributed by atoms with Crippen molar-refractivity contribution in [2.24, 2.45) is 0 Å². The molecule has 0 amide bonds. The zero-order valence-corrected chi connectivity index (χ0v) is 8.65. The van der Waals surface area contributed by atoms with Crippen molar-refractivity contribution < 1.29 is 26.2 Å². The van der Waals surface area contributed by atoms with E-state index in [4.69, 9.17) is 5.11 Å². The summed E-state index contributed by atoms with van der Waals surface area (Å²) in [6.45, 7) is 2.11. The Morgan fingerprint density at radius 2 is 2.11 bits per heavy atom. The molecule has 0 aromatic rings. The molecule has 0 aromatic heterocycles. The van der Waals surface area contributed by atoms with Crippen molar-refractivity contribution >= 4 is 0 Å².